The Kier molecular flexibility index (Phi) is 6.46. The second-order valence-electron chi connectivity index (χ2n) is 5.75. The van der Waals surface area contributed by atoms with E-state index in [9.17, 15) is 5.11 Å². The molecule has 0 amide bonds. The number of aliphatic hydroxyl groups is 1. The molecule has 2 rings (SSSR count). The lowest BCUT2D eigenvalue weighted by Gasteiger charge is -2.19. The molecule has 0 bridgehead atoms. The molecule has 0 radical (unpaired) electrons. The molecule has 0 aliphatic heterocycles. The number of benzene rings is 2. The molecule has 0 atom stereocenters. The molecule has 124 valence electrons. The molecule has 0 unspecified atom stereocenters. The van der Waals surface area contributed by atoms with E-state index in [-0.39, 0.29) is 6.61 Å². The van der Waals surface area contributed by atoms with Crippen LogP contribution in [0.2, 0.25) is 5.02 Å². The fourth-order valence-electron chi connectivity index (χ4n) is 2.64. The van der Waals surface area contributed by atoms with E-state index in [1.807, 2.05) is 50.5 Å². The van der Waals surface area contributed by atoms with E-state index in [4.69, 9.17) is 16.3 Å². The van der Waals surface area contributed by atoms with Crippen LogP contribution in [0.5, 0.6) is 5.75 Å². The summed E-state index contributed by atoms with van der Waals surface area (Å²) in [6.07, 6.45) is 0.826. The molecule has 0 heterocycles. The van der Waals surface area contributed by atoms with Crippen molar-refractivity contribution in [1.82, 2.24) is 4.90 Å². The van der Waals surface area contributed by atoms with Crippen molar-refractivity contribution in [3.8, 4) is 16.9 Å². The molecule has 2 aromatic rings. The van der Waals surface area contributed by atoms with Gasteiger partial charge in [0.2, 0.25) is 0 Å². The van der Waals surface area contributed by atoms with Crippen LogP contribution in [0, 0.1) is 0 Å². The highest BCUT2D eigenvalue weighted by molar-refractivity contribution is 6.30. The first-order chi connectivity index (χ1) is 11.1. The monoisotopic (exact) mass is 333 g/mol. The zero-order valence-corrected chi connectivity index (χ0v) is 14.7. The Morgan fingerprint density at radius 2 is 1.96 bits per heavy atom. The molecule has 1 N–H and O–H groups in total. The highest BCUT2D eigenvalue weighted by atomic mass is 35.5. The third-order valence-corrected chi connectivity index (χ3v) is 4.02. The van der Waals surface area contributed by atoms with Gasteiger partial charge in [-0.05, 0) is 55.4 Å². The van der Waals surface area contributed by atoms with Gasteiger partial charge in [-0.3, -0.25) is 0 Å². The van der Waals surface area contributed by atoms with Crippen molar-refractivity contribution in [2.24, 2.45) is 0 Å². The normalized spacial score (nSPS) is 11.0. The minimum Gasteiger partial charge on any atom is -0.492 e. The van der Waals surface area contributed by atoms with Gasteiger partial charge in [0.1, 0.15) is 12.4 Å². The average molecular weight is 334 g/mol. The average Bonchev–Trinajstić information content (AvgIpc) is 2.53. The zero-order valence-electron chi connectivity index (χ0n) is 14.0. The molecule has 0 fully saturated rings. The second kappa shape index (κ2) is 8.34. The van der Waals surface area contributed by atoms with Crippen molar-refractivity contribution in [2.75, 3.05) is 27.2 Å². The van der Waals surface area contributed by atoms with Gasteiger partial charge in [-0.15, -0.1) is 0 Å². The number of aliphatic hydroxyl groups excluding tert-OH is 1. The highest BCUT2D eigenvalue weighted by Crippen LogP contribution is 2.35. The van der Waals surface area contributed by atoms with Crippen LogP contribution in [-0.2, 0) is 13.0 Å². The Balaban J connectivity index is 2.45. The van der Waals surface area contributed by atoms with Gasteiger partial charge in [-0.2, -0.15) is 0 Å². The van der Waals surface area contributed by atoms with Gasteiger partial charge in [-0.25, -0.2) is 0 Å². The molecule has 23 heavy (non-hydrogen) atoms. The molecular formula is C19H24ClNO2. The van der Waals surface area contributed by atoms with E-state index in [0.29, 0.717) is 11.6 Å². The van der Waals surface area contributed by atoms with Gasteiger partial charge in [0.25, 0.3) is 0 Å². The van der Waals surface area contributed by atoms with Gasteiger partial charge in [-0.1, -0.05) is 36.7 Å². The van der Waals surface area contributed by atoms with Crippen molar-refractivity contribution >= 4 is 11.6 Å². The van der Waals surface area contributed by atoms with Crippen molar-refractivity contribution < 1.29 is 9.84 Å². The first-order valence-corrected chi connectivity index (χ1v) is 8.23. The van der Waals surface area contributed by atoms with Crippen molar-refractivity contribution in [1.29, 1.82) is 0 Å². The Morgan fingerprint density at radius 3 is 2.57 bits per heavy atom. The number of halogens is 1. The molecule has 0 aromatic heterocycles. The number of nitrogens with zero attached hydrogens (tertiary/aromatic N) is 1. The van der Waals surface area contributed by atoms with Crippen molar-refractivity contribution in [3.63, 3.8) is 0 Å². The predicted octanol–water partition coefficient (Wildman–Crippen LogP) is 4.00. The fourth-order valence-corrected chi connectivity index (χ4v) is 2.83. The van der Waals surface area contributed by atoms with Crippen LogP contribution in [-0.4, -0.2) is 37.3 Å². The van der Waals surface area contributed by atoms with Gasteiger partial charge in [0.15, 0.2) is 0 Å². The van der Waals surface area contributed by atoms with Crippen LogP contribution < -0.4 is 4.74 Å². The molecule has 0 spiro atoms. The number of hydrogen-bond acceptors (Lipinski definition) is 3. The molecule has 0 aliphatic carbocycles. The van der Waals surface area contributed by atoms with E-state index in [1.165, 1.54) is 0 Å². The lowest BCUT2D eigenvalue weighted by atomic mass is 9.92. The summed E-state index contributed by atoms with van der Waals surface area (Å²) < 4.78 is 5.97. The van der Waals surface area contributed by atoms with Crippen LogP contribution in [0.4, 0.5) is 0 Å². The number of hydrogen-bond donors (Lipinski definition) is 1. The summed E-state index contributed by atoms with van der Waals surface area (Å²) in [5, 5.41) is 10.4. The Bertz CT molecular complexity index is 656. The van der Waals surface area contributed by atoms with Gasteiger partial charge < -0.3 is 14.7 Å². The van der Waals surface area contributed by atoms with Crippen LogP contribution in [0.3, 0.4) is 0 Å². The first-order valence-electron chi connectivity index (χ1n) is 7.85. The molecule has 0 aliphatic rings. The Labute approximate surface area is 143 Å². The molecule has 0 saturated carbocycles. The van der Waals surface area contributed by atoms with E-state index < -0.39 is 0 Å². The van der Waals surface area contributed by atoms with Crippen LogP contribution >= 0.6 is 11.6 Å². The Morgan fingerprint density at radius 1 is 1.17 bits per heavy atom. The van der Waals surface area contributed by atoms with E-state index >= 15 is 0 Å². The van der Waals surface area contributed by atoms with Gasteiger partial charge in [0, 0.05) is 17.1 Å². The van der Waals surface area contributed by atoms with E-state index in [2.05, 4.69) is 11.8 Å². The summed E-state index contributed by atoms with van der Waals surface area (Å²) in [5.41, 5.74) is 4.04. The number of rotatable bonds is 7. The SMILES string of the molecule is CCc1c(OCCN(C)C)ccc(CO)c1-c1cccc(Cl)c1. The number of likely N-dealkylation sites (N-methyl/N-ethyl adjacent to an activating group) is 1. The summed E-state index contributed by atoms with van der Waals surface area (Å²) in [6, 6.07) is 11.6. The summed E-state index contributed by atoms with van der Waals surface area (Å²) in [7, 11) is 4.05. The van der Waals surface area contributed by atoms with Crippen LogP contribution in [0.1, 0.15) is 18.1 Å². The summed E-state index contributed by atoms with van der Waals surface area (Å²) >= 11 is 6.14. The standard InChI is InChI=1S/C19H24ClNO2/c1-4-17-18(23-11-10-21(2)3)9-8-15(13-22)19(17)14-6-5-7-16(20)12-14/h5-9,12,22H,4,10-11,13H2,1-3H3. The maximum atomic E-state index is 9.73. The minimum absolute atomic E-state index is 0.00712. The molecular weight excluding hydrogens is 310 g/mol. The fraction of sp³-hybridized carbons (Fsp3) is 0.368. The van der Waals surface area contributed by atoms with Crippen molar-refractivity contribution in [2.45, 2.75) is 20.0 Å². The smallest absolute Gasteiger partial charge is 0.123 e. The highest BCUT2D eigenvalue weighted by Gasteiger charge is 2.15. The second-order valence-corrected chi connectivity index (χ2v) is 6.19. The molecule has 4 heteroatoms. The lowest BCUT2D eigenvalue weighted by Crippen LogP contribution is -2.19. The summed E-state index contributed by atoms with van der Waals surface area (Å²) in [5.74, 6) is 0.876. The molecule has 2 aromatic carbocycles. The van der Waals surface area contributed by atoms with Crippen LogP contribution in [0.25, 0.3) is 11.1 Å². The third-order valence-electron chi connectivity index (χ3n) is 3.79. The summed E-state index contributed by atoms with van der Waals surface area (Å²) in [4.78, 5) is 2.09. The zero-order chi connectivity index (χ0) is 16.8. The molecule has 3 nitrogen and oxygen atoms in total. The minimum atomic E-state index is -0.00712. The molecule has 0 saturated heterocycles. The largest absolute Gasteiger partial charge is 0.492 e. The van der Waals surface area contributed by atoms with Gasteiger partial charge >= 0.3 is 0 Å². The third kappa shape index (κ3) is 4.47. The van der Waals surface area contributed by atoms with Crippen LogP contribution in [0.15, 0.2) is 36.4 Å². The predicted molar refractivity (Wildman–Crippen MR) is 96.2 cm³/mol. The quantitative estimate of drug-likeness (QED) is 0.831. The van der Waals surface area contributed by atoms with Crippen molar-refractivity contribution in [3.05, 3.63) is 52.5 Å². The first kappa shape index (κ1) is 17.8. The van der Waals surface area contributed by atoms with E-state index in [0.717, 1.165) is 41.0 Å². The Hall–Kier alpha value is -1.55. The maximum absolute atomic E-state index is 9.73. The topological polar surface area (TPSA) is 32.7 Å². The number of ether oxygens (including phenoxy) is 1. The van der Waals surface area contributed by atoms with Gasteiger partial charge in [0.05, 0.1) is 6.61 Å². The maximum Gasteiger partial charge on any atom is 0.123 e. The lowest BCUT2D eigenvalue weighted by molar-refractivity contribution is 0.259. The summed E-state index contributed by atoms with van der Waals surface area (Å²) in [6.45, 7) is 3.58. The van der Waals surface area contributed by atoms with E-state index in [1.54, 1.807) is 0 Å².